The summed E-state index contributed by atoms with van der Waals surface area (Å²) in [5.74, 6) is 0.937. The van der Waals surface area contributed by atoms with Crippen LogP contribution >= 0.6 is 0 Å². The summed E-state index contributed by atoms with van der Waals surface area (Å²) in [6, 6.07) is 5.85. The first-order valence-electron chi connectivity index (χ1n) is 5.68. The smallest absolute Gasteiger partial charge is 0.250 e. The van der Waals surface area contributed by atoms with Crippen LogP contribution in [0, 0.1) is 6.92 Å². The second kappa shape index (κ2) is 4.13. The van der Waals surface area contributed by atoms with Crippen LogP contribution in [0.5, 0.6) is 5.75 Å². The molecule has 90 valence electrons. The lowest BCUT2D eigenvalue weighted by Crippen LogP contribution is -2.44. The van der Waals surface area contributed by atoms with Crippen LogP contribution in [0.2, 0.25) is 18.1 Å². The predicted octanol–water partition coefficient (Wildman–Crippen LogP) is 3.96. The standard InChI is InChI=1S/C13H23NOSi/c1-10-7-8-11(14)9-12(10)15-16(5,6)13(2,3)4/h7-9H,14H2,1-6H3. The Bertz CT molecular complexity index is 380. The highest BCUT2D eigenvalue weighted by molar-refractivity contribution is 6.74. The molecule has 0 aliphatic rings. The van der Waals surface area contributed by atoms with Crippen molar-refractivity contribution in [3.8, 4) is 5.75 Å². The fraction of sp³-hybridized carbons (Fsp3) is 0.538. The van der Waals surface area contributed by atoms with Gasteiger partial charge in [0.25, 0.3) is 0 Å². The van der Waals surface area contributed by atoms with Crippen molar-refractivity contribution >= 4 is 14.0 Å². The second-order valence-electron chi connectivity index (χ2n) is 5.89. The number of hydrogen-bond acceptors (Lipinski definition) is 2. The van der Waals surface area contributed by atoms with Gasteiger partial charge in [-0.05, 0) is 36.7 Å². The Morgan fingerprint density at radius 3 is 2.25 bits per heavy atom. The number of rotatable bonds is 2. The summed E-state index contributed by atoms with van der Waals surface area (Å²) in [5.41, 5.74) is 7.71. The Hall–Kier alpha value is -0.963. The van der Waals surface area contributed by atoms with E-state index in [1.165, 1.54) is 0 Å². The molecule has 0 heterocycles. The van der Waals surface area contributed by atoms with Gasteiger partial charge in [-0.2, -0.15) is 0 Å². The van der Waals surface area contributed by atoms with Gasteiger partial charge in [0.15, 0.2) is 0 Å². The average molecular weight is 237 g/mol. The molecule has 0 radical (unpaired) electrons. The van der Waals surface area contributed by atoms with Gasteiger partial charge < -0.3 is 10.2 Å². The van der Waals surface area contributed by atoms with Crippen molar-refractivity contribution in [2.75, 3.05) is 5.73 Å². The Kier molecular flexibility index (Phi) is 3.38. The number of hydrogen-bond donors (Lipinski definition) is 1. The molecule has 0 atom stereocenters. The highest BCUT2D eigenvalue weighted by Crippen LogP contribution is 2.38. The van der Waals surface area contributed by atoms with Crippen LogP contribution in [-0.4, -0.2) is 8.32 Å². The minimum atomic E-state index is -1.76. The van der Waals surface area contributed by atoms with Gasteiger partial charge in [-0.15, -0.1) is 0 Å². The van der Waals surface area contributed by atoms with Gasteiger partial charge >= 0.3 is 0 Å². The summed E-state index contributed by atoms with van der Waals surface area (Å²) in [7, 11) is -1.76. The molecule has 0 fully saturated rings. The molecule has 0 amide bonds. The van der Waals surface area contributed by atoms with Crippen LogP contribution in [0.4, 0.5) is 5.69 Å². The van der Waals surface area contributed by atoms with E-state index in [-0.39, 0.29) is 5.04 Å². The van der Waals surface area contributed by atoms with E-state index >= 15 is 0 Å². The van der Waals surface area contributed by atoms with E-state index in [0.717, 1.165) is 17.0 Å². The fourth-order valence-electron chi connectivity index (χ4n) is 1.15. The molecule has 16 heavy (non-hydrogen) atoms. The minimum Gasteiger partial charge on any atom is -0.543 e. The number of nitrogens with two attached hydrogens (primary N) is 1. The van der Waals surface area contributed by atoms with E-state index in [4.69, 9.17) is 10.2 Å². The maximum atomic E-state index is 6.24. The molecule has 0 aliphatic carbocycles. The first kappa shape index (κ1) is 13.1. The molecule has 2 N–H and O–H groups in total. The molecule has 0 bridgehead atoms. The highest BCUT2D eigenvalue weighted by atomic mass is 28.4. The van der Waals surface area contributed by atoms with Crippen LogP contribution in [0.25, 0.3) is 0 Å². The number of nitrogen functional groups attached to an aromatic ring is 1. The Balaban J connectivity index is 3.01. The van der Waals surface area contributed by atoms with E-state index in [1.54, 1.807) is 0 Å². The summed E-state index contributed by atoms with van der Waals surface area (Å²) in [6.07, 6.45) is 0. The third kappa shape index (κ3) is 2.79. The van der Waals surface area contributed by atoms with Gasteiger partial charge in [0.2, 0.25) is 8.32 Å². The lowest BCUT2D eigenvalue weighted by atomic mass is 10.2. The SMILES string of the molecule is Cc1ccc(N)cc1O[Si](C)(C)C(C)(C)C. The lowest BCUT2D eigenvalue weighted by Gasteiger charge is -2.37. The van der Waals surface area contributed by atoms with Crippen molar-refractivity contribution in [1.82, 2.24) is 0 Å². The first-order valence-corrected chi connectivity index (χ1v) is 8.59. The summed E-state index contributed by atoms with van der Waals surface area (Å²) >= 11 is 0. The van der Waals surface area contributed by atoms with Gasteiger partial charge in [0.05, 0.1) is 0 Å². The van der Waals surface area contributed by atoms with E-state index in [9.17, 15) is 0 Å². The quantitative estimate of drug-likeness (QED) is 0.624. The largest absolute Gasteiger partial charge is 0.543 e. The zero-order valence-electron chi connectivity index (χ0n) is 11.2. The fourth-order valence-corrected chi connectivity index (χ4v) is 2.23. The maximum Gasteiger partial charge on any atom is 0.250 e. The van der Waals surface area contributed by atoms with Crippen molar-refractivity contribution in [2.45, 2.75) is 45.8 Å². The van der Waals surface area contributed by atoms with Gasteiger partial charge in [-0.3, -0.25) is 0 Å². The normalized spacial score (nSPS) is 12.6. The molecule has 1 rings (SSSR count). The molecule has 0 aromatic heterocycles. The van der Waals surface area contributed by atoms with Crippen molar-refractivity contribution in [3.05, 3.63) is 23.8 Å². The minimum absolute atomic E-state index is 0.212. The molecule has 1 aromatic carbocycles. The topological polar surface area (TPSA) is 35.2 Å². The number of aryl methyl sites for hydroxylation is 1. The van der Waals surface area contributed by atoms with Crippen molar-refractivity contribution in [3.63, 3.8) is 0 Å². The van der Waals surface area contributed by atoms with Gasteiger partial charge in [0, 0.05) is 11.8 Å². The Labute approximate surface area is 99.9 Å². The maximum absolute atomic E-state index is 6.24. The Morgan fingerprint density at radius 2 is 1.75 bits per heavy atom. The number of anilines is 1. The van der Waals surface area contributed by atoms with Crippen LogP contribution in [-0.2, 0) is 0 Å². The third-order valence-electron chi connectivity index (χ3n) is 3.38. The van der Waals surface area contributed by atoms with E-state index in [2.05, 4.69) is 40.8 Å². The third-order valence-corrected chi connectivity index (χ3v) is 7.73. The van der Waals surface area contributed by atoms with Gasteiger partial charge in [-0.1, -0.05) is 26.8 Å². The van der Waals surface area contributed by atoms with Crippen molar-refractivity contribution < 1.29 is 4.43 Å². The Morgan fingerprint density at radius 1 is 1.19 bits per heavy atom. The molecule has 3 heteroatoms. The predicted molar refractivity (Wildman–Crippen MR) is 73.4 cm³/mol. The summed E-state index contributed by atoms with van der Waals surface area (Å²) in [4.78, 5) is 0. The molecule has 0 unspecified atom stereocenters. The zero-order chi connectivity index (χ0) is 12.6. The molecular formula is C13H23NOSi. The van der Waals surface area contributed by atoms with Crippen molar-refractivity contribution in [2.24, 2.45) is 0 Å². The molecule has 0 aliphatic heterocycles. The van der Waals surface area contributed by atoms with Crippen LogP contribution in [0.3, 0.4) is 0 Å². The monoisotopic (exact) mass is 237 g/mol. The molecule has 0 saturated carbocycles. The molecule has 2 nitrogen and oxygen atoms in total. The molecule has 1 aromatic rings. The molecule has 0 saturated heterocycles. The van der Waals surface area contributed by atoms with Gasteiger partial charge in [0.1, 0.15) is 5.75 Å². The van der Waals surface area contributed by atoms with Gasteiger partial charge in [-0.25, -0.2) is 0 Å². The highest BCUT2D eigenvalue weighted by Gasteiger charge is 2.39. The van der Waals surface area contributed by atoms with E-state index in [1.807, 2.05) is 18.2 Å². The van der Waals surface area contributed by atoms with Crippen LogP contribution in [0.15, 0.2) is 18.2 Å². The van der Waals surface area contributed by atoms with E-state index < -0.39 is 8.32 Å². The zero-order valence-corrected chi connectivity index (χ0v) is 12.2. The summed E-state index contributed by atoms with van der Waals surface area (Å²) < 4.78 is 6.24. The summed E-state index contributed by atoms with van der Waals surface area (Å²) in [6.45, 7) is 13.3. The first-order chi connectivity index (χ1) is 7.13. The lowest BCUT2D eigenvalue weighted by molar-refractivity contribution is 0.489. The summed E-state index contributed by atoms with van der Waals surface area (Å²) in [5, 5.41) is 0.212. The van der Waals surface area contributed by atoms with Crippen LogP contribution in [0.1, 0.15) is 26.3 Å². The second-order valence-corrected chi connectivity index (χ2v) is 10.6. The number of benzene rings is 1. The van der Waals surface area contributed by atoms with Crippen LogP contribution < -0.4 is 10.2 Å². The molecular weight excluding hydrogens is 214 g/mol. The molecule has 0 spiro atoms. The average Bonchev–Trinajstić information content (AvgIpc) is 2.09. The van der Waals surface area contributed by atoms with E-state index in [0.29, 0.717) is 0 Å². The van der Waals surface area contributed by atoms with Crippen molar-refractivity contribution in [1.29, 1.82) is 0 Å².